The lowest BCUT2D eigenvalue weighted by atomic mass is 9.96. The Balaban J connectivity index is 6.38. The van der Waals surface area contributed by atoms with E-state index in [1.807, 2.05) is 0 Å². The number of hydrogen-bond acceptors (Lipinski definition) is 16. The molecule has 28 heteroatoms. The van der Waals surface area contributed by atoms with Gasteiger partial charge in [0.1, 0.15) is 48.3 Å². The minimum Gasteiger partial charge on any atom is -0.394 e. The lowest BCUT2D eigenvalue weighted by Crippen LogP contribution is -2.62. The molecule has 404 valence electrons. The van der Waals surface area contributed by atoms with Crippen molar-refractivity contribution in [3.05, 3.63) is 0 Å². The Morgan fingerprint density at radius 1 is 0.535 bits per heavy atom. The lowest BCUT2D eigenvalue weighted by Gasteiger charge is -2.29. The van der Waals surface area contributed by atoms with Crippen molar-refractivity contribution in [2.75, 3.05) is 44.8 Å². The first-order chi connectivity index (χ1) is 33.1. The standard InChI is InChI=1S/C43H78N14O13S/c1-20(2)12-25(54-43(70)35(50-24(8)59)23(7)10-11-44)38(65)53-27(14-31(46)60)39(66)52-26(13-21(3)4)40(67)57-34(22(5)6)42(69)55-29(17-58)41(68)56-30(37(64)49-16-32(47)61)18-71-19-33(62)51-28(15-45)36(63)48-9/h20-23,25-30,34-35,58H,10-19,44-45H2,1-9H3,(H2,46,60)(H2,47,61)(H,48,63)(H,49,64)(H,50,59)(H,51,62)(H,52,66)(H,53,65)(H,54,70)(H,55,69)(H,56,68)(H,57,67)/t23?,25-,26+,27+,28+,29+,30+,34+,35+/m1/s1. The molecule has 12 amide bonds. The van der Waals surface area contributed by atoms with Crippen molar-refractivity contribution < 1.29 is 62.6 Å². The van der Waals surface area contributed by atoms with E-state index >= 15 is 0 Å². The minimum atomic E-state index is -1.72. The highest BCUT2D eigenvalue weighted by atomic mass is 32.2. The average Bonchev–Trinajstić information content (AvgIpc) is 3.27. The van der Waals surface area contributed by atoms with Gasteiger partial charge < -0.3 is 81.2 Å². The van der Waals surface area contributed by atoms with Crippen molar-refractivity contribution in [1.29, 1.82) is 0 Å². The predicted octanol–water partition coefficient (Wildman–Crippen LogP) is -6.48. The van der Waals surface area contributed by atoms with Gasteiger partial charge in [0.05, 0.1) is 25.3 Å². The molecule has 0 spiro atoms. The van der Waals surface area contributed by atoms with Gasteiger partial charge in [-0.1, -0.05) is 48.5 Å². The predicted molar refractivity (Wildman–Crippen MR) is 261 cm³/mol. The number of carbonyl (C=O) groups excluding carboxylic acids is 12. The van der Waals surface area contributed by atoms with Crippen LogP contribution in [0.25, 0.3) is 0 Å². The minimum absolute atomic E-state index is 0.0268. The van der Waals surface area contributed by atoms with Crippen LogP contribution in [0.4, 0.5) is 0 Å². The van der Waals surface area contributed by atoms with Crippen molar-refractivity contribution in [2.45, 2.75) is 129 Å². The van der Waals surface area contributed by atoms with E-state index in [9.17, 15) is 62.6 Å². The molecule has 1 unspecified atom stereocenters. The number of hydrogen-bond donors (Lipinski definition) is 15. The van der Waals surface area contributed by atoms with E-state index in [1.165, 1.54) is 14.0 Å². The number of rotatable bonds is 34. The van der Waals surface area contributed by atoms with Crippen molar-refractivity contribution in [1.82, 2.24) is 53.2 Å². The van der Waals surface area contributed by atoms with Gasteiger partial charge in [0, 0.05) is 26.3 Å². The molecule has 0 radical (unpaired) electrons. The summed E-state index contributed by atoms with van der Waals surface area (Å²) >= 11 is 0.845. The molecule has 0 aromatic rings. The summed E-state index contributed by atoms with van der Waals surface area (Å²) in [6.45, 7) is 11.4. The topological polar surface area (TPSA) is 449 Å². The van der Waals surface area contributed by atoms with Gasteiger partial charge >= 0.3 is 0 Å². The molecule has 0 aliphatic rings. The van der Waals surface area contributed by atoms with E-state index in [1.54, 1.807) is 48.5 Å². The average molecular weight is 1030 g/mol. The highest BCUT2D eigenvalue weighted by Crippen LogP contribution is 2.13. The second-order valence-electron chi connectivity index (χ2n) is 18.1. The highest BCUT2D eigenvalue weighted by Gasteiger charge is 2.36. The molecule has 0 fully saturated rings. The van der Waals surface area contributed by atoms with Gasteiger partial charge in [0.15, 0.2) is 0 Å². The van der Waals surface area contributed by atoms with E-state index in [2.05, 4.69) is 53.2 Å². The Bertz CT molecular complexity index is 1860. The Morgan fingerprint density at radius 3 is 1.48 bits per heavy atom. The zero-order valence-corrected chi connectivity index (χ0v) is 42.9. The van der Waals surface area contributed by atoms with E-state index < -0.39 is 151 Å². The van der Waals surface area contributed by atoms with Gasteiger partial charge in [0.25, 0.3) is 0 Å². The number of nitrogens with two attached hydrogens (primary N) is 4. The first-order valence-corrected chi connectivity index (χ1v) is 24.3. The van der Waals surface area contributed by atoms with Gasteiger partial charge in [-0.2, -0.15) is 0 Å². The molecule has 0 aliphatic heterocycles. The van der Waals surface area contributed by atoms with Crippen molar-refractivity contribution in [3.8, 4) is 0 Å². The molecule has 0 heterocycles. The van der Waals surface area contributed by atoms with Gasteiger partial charge in [-0.25, -0.2) is 0 Å². The number of primary amides is 2. The van der Waals surface area contributed by atoms with Crippen LogP contribution >= 0.6 is 11.8 Å². The van der Waals surface area contributed by atoms with E-state index in [-0.39, 0.29) is 49.3 Å². The molecule has 0 rings (SSSR count). The maximum atomic E-state index is 14.0. The molecule has 27 nitrogen and oxygen atoms in total. The van der Waals surface area contributed by atoms with Gasteiger partial charge in [-0.05, 0) is 49.5 Å². The second-order valence-corrected chi connectivity index (χ2v) is 19.1. The third kappa shape index (κ3) is 25.5. The first kappa shape index (κ1) is 64.9. The number of carbonyl (C=O) groups is 12. The van der Waals surface area contributed by atoms with Crippen LogP contribution < -0.4 is 76.1 Å². The molecule has 9 atom stereocenters. The number of nitrogens with one attached hydrogen (secondary N) is 10. The van der Waals surface area contributed by atoms with E-state index in [4.69, 9.17) is 22.9 Å². The van der Waals surface area contributed by atoms with Crippen LogP contribution in [0, 0.1) is 23.7 Å². The van der Waals surface area contributed by atoms with Crippen LogP contribution in [0.5, 0.6) is 0 Å². The summed E-state index contributed by atoms with van der Waals surface area (Å²) in [4.78, 5) is 155. The third-order valence-electron chi connectivity index (χ3n) is 10.3. The van der Waals surface area contributed by atoms with Crippen LogP contribution in [0.2, 0.25) is 0 Å². The molecule has 71 heavy (non-hydrogen) atoms. The molecule has 0 saturated heterocycles. The van der Waals surface area contributed by atoms with Crippen LogP contribution in [0.1, 0.15) is 81.1 Å². The van der Waals surface area contributed by atoms with Gasteiger partial charge in [-0.3, -0.25) is 57.5 Å². The zero-order valence-electron chi connectivity index (χ0n) is 42.1. The summed E-state index contributed by atoms with van der Waals surface area (Å²) in [6, 6.07) is -11.0. The van der Waals surface area contributed by atoms with Crippen molar-refractivity contribution in [3.63, 3.8) is 0 Å². The van der Waals surface area contributed by atoms with Crippen LogP contribution in [0.3, 0.4) is 0 Å². The Hall–Kier alpha value is -6.13. The molecule has 0 saturated carbocycles. The molecule has 0 bridgehead atoms. The molecule has 0 aliphatic carbocycles. The Kier molecular flexibility index (Phi) is 30.6. The summed E-state index contributed by atoms with van der Waals surface area (Å²) in [7, 11) is 1.35. The molecule has 0 aromatic carbocycles. The lowest BCUT2D eigenvalue weighted by molar-refractivity contribution is -0.137. The fourth-order valence-electron chi connectivity index (χ4n) is 6.65. The number of likely N-dealkylation sites (N-methyl/N-ethyl adjacent to an activating group) is 1. The summed E-state index contributed by atoms with van der Waals surface area (Å²) in [5.74, 6) is -12.2. The SMILES string of the molecule is CNC(=O)[C@H](CN)NC(=O)CSC[C@H](NC(=O)[C@H](CO)NC(=O)[C@@H](NC(=O)[C@H](CC(C)C)NC(=O)[C@H](CC(N)=O)NC(=O)[C@@H](CC(C)C)NC(=O)[C@@H](NC(C)=O)C(C)CCN)C(C)C)C(=O)NCC(N)=O. The third-order valence-corrected chi connectivity index (χ3v) is 11.4. The summed E-state index contributed by atoms with van der Waals surface area (Å²) in [5.41, 5.74) is 21.8. The monoisotopic (exact) mass is 1030 g/mol. The second kappa shape index (κ2) is 33.5. The number of thioether (sulfide) groups is 1. The zero-order chi connectivity index (χ0) is 54.7. The fraction of sp³-hybridized carbons (Fsp3) is 0.721. The largest absolute Gasteiger partial charge is 0.394 e. The van der Waals surface area contributed by atoms with Gasteiger partial charge in [-0.15, -0.1) is 11.8 Å². The quantitative estimate of drug-likeness (QED) is 0.0285. The van der Waals surface area contributed by atoms with E-state index in [0.717, 1.165) is 11.8 Å². The summed E-state index contributed by atoms with van der Waals surface area (Å²) in [6.07, 6.45) is -0.318. The Labute approximate surface area is 418 Å². The normalized spacial score (nSPS) is 14.9. The number of amides is 12. The van der Waals surface area contributed by atoms with Crippen molar-refractivity contribution in [2.24, 2.45) is 46.6 Å². The number of aliphatic hydroxyl groups excluding tert-OH is 1. The molecular weight excluding hydrogens is 953 g/mol. The smallest absolute Gasteiger partial charge is 0.245 e. The van der Waals surface area contributed by atoms with Crippen LogP contribution in [-0.4, -0.2) is 169 Å². The summed E-state index contributed by atoms with van der Waals surface area (Å²) < 4.78 is 0. The molecule has 19 N–H and O–H groups in total. The summed E-state index contributed by atoms with van der Waals surface area (Å²) in [5, 5.41) is 34.6. The molecular formula is C43H78N14O13S. The van der Waals surface area contributed by atoms with Crippen LogP contribution in [-0.2, 0) is 57.5 Å². The Morgan fingerprint density at radius 2 is 1.01 bits per heavy atom. The van der Waals surface area contributed by atoms with Crippen molar-refractivity contribution >= 4 is 82.6 Å². The van der Waals surface area contributed by atoms with Crippen LogP contribution in [0.15, 0.2) is 0 Å². The maximum absolute atomic E-state index is 14.0. The number of aliphatic hydroxyl groups is 1. The molecule has 0 aromatic heterocycles. The highest BCUT2D eigenvalue weighted by molar-refractivity contribution is 8.00. The van der Waals surface area contributed by atoms with E-state index in [0.29, 0.717) is 6.42 Å². The van der Waals surface area contributed by atoms with Gasteiger partial charge in [0.2, 0.25) is 70.9 Å². The fourth-order valence-corrected chi connectivity index (χ4v) is 7.50. The maximum Gasteiger partial charge on any atom is 0.245 e. The first-order valence-electron chi connectivity index (χ1n) is 23.2.